The fourth-order valence-electron chi connectivity index (χ4n) is 4.84. The number of hydrogen-bond donors (Lipinski definition) is 3. The Morgan fingerprint density at radius 2 is 1.66 bits per heavy atom. The number of benzene rings is 3. The number of aldehydes is 1. The third-order valence-electron chi connectivity index (χ3n) is 6.68. The maximum Gasteiger partial charge on any atom is 0.252 e. The quantitative estimate of drug-likeness (QED) is 0.318. The topological polar surface area (TPSA) is 145 Å². The zero-order valence-corrected chi connectivity index (χ0v) is 22.8. The lowest BCUT2D eigenvalue weighted by Crippen LogP contribution is -2.55. The van der Waals surface area contributed by atoms with E-state index in [1.165, 1.54) is 16.7 Å². The summed E-state index contributed by atoms with van der Waals surface area (Å²) in [6.07, 6.45) is 0.276. The van der Waals surface area contributed by atoms with Crippen molar-refractivity contribution in [3.63, 3.8) is 0 Å². The standard InChI is InChI=1S/C30H31N5O6/c1-19(37)14-21(18-36)32-27(38)17-35-26-13-6-5-12-25(26)34(28(39)15-31-2)16-24(30(35)41)33-29(40)23-11-7-9-20-8-3-4-10-22(20)23/h3-13,18,21,24,31H,14-17H2,1-2H3,(H,32,38)(H,33,40)/t21-,24-/m0/s1. The molecule has 3 N–H and O–H groups in total. The Hall–Kier alpha value is -4.90. The summed E-state index contributed by atoms with van der Waals surface area (Å²) < 4.78 is 0. The first kappa shape index (κ1) is 29.1. The minimum absolute atomic E-state index is 0.0287. The minimum Gasteiger partial charge on any atom is -0.345 e. The summed E-state index contributed by atoms with van der Waals surface area (Å²) >= 11 is 0. The van der Waals surface area contributed by atoms with Gasteiger partial charge in [0, 0.05) is 12.0 Å². The van der Waals surface area contributed by atoms with E-state index >= 15 is 0 Å². The SMILES string of the molecule is CNCC(=O)N1C[C@H](NC(=O)c2cccc3ccccc23)C(=O)N(CC(=O)N[C@H](C=O)CC(C)=O)c2ccccc21. The number of rotatable bonds is 10. The number of likely N-dealkylation sites (N-methyl/N-ethyl adjacent to an activating group) is 1. The summed E-state index contributed by atoms with van der Waals surface area (Å²) in [5, 5.41) is 9.61. The summed E-state index contributed by atoms with van der Waals surface area (Å²) in [5.41, 5.74) is 1.02. The summed E-state index contributed by atoms with van der Waals surface area (Å²) in [6.45, 7) is 0.593. The summed E-state index contributed by atoms with van der Waals surface area (Å²) in [6, 6.07) is 17.0. The van der Waals surface area contributed by atoms with Gasteiger partial charge in [0.15, 0.2) is 0 Å². The van der Waals surface area contributed by atoms with E-state index in [9.17, 15) is 28.8 Å². The van der Waals surface area contributed by atoms with Gasteiger partial charge < -0.3 is 25.6 Å². The second-order valence-electron chi connectivity index (χ2n) is 9.72. The molecule has 1 heterocycles. The average molecular weight is 558 g/mol. The maximum absolute atomic E-state index is 14.0. The van der Waals surface area contributed by atoms with Crippen LogP contribution in [0.1, 0.15) is 23.7 Å². The molecule has 1 aliphatic heterocycles. The molecule has 2 atom stereocenters. The molecule has 1 aliphatic rings. The lowest BCUT2D eigenvalue weighted by molar-refractivity contribution is -0.127. The molecule has 3 aromatic carbocycles. The number of amides is 4. The summed E-state index contributed by atoms with van der Waals surface area (Å²) in [7, 11) is 1.62. The molecule has 4 rings (SSSR count). The predicted molar refractivity (Wildman–Crippen MR) is 154 cm³/mol. The van der Waals surface area contributed by atoms with Gasteiger partial charge in [0.2, 0.25) is 11.8 Å². The zero-order valence-electron chi connectivity index (χ0n) is 22.8. The van der Waals surface area contributed by atoms with Crippen molar-refractivity contribution in [2.24, 2.45) is 0 Å². The highest BCUT2D eigenvalue weighted by Crippen LogP contribution is 2.33. The van der Waals surface area contributed by atoms with Crippen LogP contribution in [0.3, 0.4) is 0 Å². The smallest absolute Gasteiger partial charge is 0.252 e. The predicted octanol–water partition coefficient (Wildman–Crippen LogP) is 1.20. The van der Waals surface area contributed by atoms with E-state index in [-0.39, 0.29) is 36.9 Å². The molecule has 0 saturated heterocycles. The normalized spacial score (nSPS) is 15.5. The zero-order chi connectivity index (χ0) is 29.5. The number of ketones is 1. The van der Waals surface area contributed by atoms with E-state index < -0.39 is 36.3 Å². The molecule has 0 spiro atoms. The van der Waals surface area contributed by atoms with Gasteiger partial charge in [-0.1, -0.05) is 48.5 Å². The molecule has 11 heteroatoms. The molecule has 4 amide bonds. The van der Waals surface area contributed by atoms with Crippen LogP contribution >= 0.6 is 0 Å². The fraction of sp³-hybridized carbons (Fsp3) is 0.267. The van der Waals surface area contributed by atoms with Gasteiger partial charge in [0.1, 0.15) is 24.7 Å². The van der Waals surface area contributed by atoms with Crippen molar-refractivity contribution in [1.29, 1.82) is 0 Å². The Kier molecular flexibility index (Phi) is 9.20. The highest BCUT2D eigenvalue weighted by Gasteiger charge is 2.37. The van der Waals surface area contributed by atoms with Crippen molar-refractivity contribution in [3.05, 3.63) is 72.3 Å². The second-order valence-corrected chi connectivity index (χ2v) is 9.72. The molecule has 0 radical (unpaired) electrons. The molecule has 41 heavy (non-hydrogen) atoms. The molecule has 0 unspecified atom stereocenters. The Morgan fingerprint density at radius 3 is 2.37 bits per heavy atom. The Morgan fingerprint density at radius 1 is 0.976 bits per heavy atom. The third-order valence-corrected chi connectivity index (χ3v) is 6.68. The molecule has 0 aliphatic carbocycles. The van der Waals surface area contributed by atoms with Gasteiger partial charge in [-0.05, 0) is 42.9 Å². The van der Waals surface area contributed by atoms with Crippen LogP contribution in [0.15, 0.2) is 66.7 Å². The van der Waals surface area contributed by atoms with Crippen LogP contribution in [0, 0.1) is 0 Å². The van der Waals surface area contributed by atoms with Gasteiger partial charge in [0.25, 0.3) is 11.8 Å². The van der Waals surface area contributed by atoms with Crippen LogP contribution in [0.4, 0.5) is 11.4 Å². The van der Waals surface area contributed by atoms with Crippen molar-refractivity contribution >= 4 is 57.8 Å². The van der Waals surface area contributed by atoms with Crippen molar-refractivity contribution < 1.29 is 28.8 Å². The average Bonchev–Trinajstić information content (AvgIpc) is 3.07. The van der Waals surface area contributed by atoms with Crippen molar-refractivity contribution in [1.82, 2.24) is 16.0 Å². The van der Waals surface area contributed by atoms with E-state index in [4.69, 9.17) is 0 Å². The number of carbonyl (C=O) groups is 6. The van der Waals surface area contributed by atoms with E-state index in [1.807, 2.05) is 24.3 Å². The summed E-state index contributed by atoms with van der Waals surface area (Å²) in [4.78, 5) is 79.2. The van der Waals surface area contributed by atoms with Crippen LogP contribution in [0.5, 0.6) is 0 Å². The number of nitrogens with zero attached hydrogens (tertiary/aromatic N) is 2. The first-order valence-electron chi connectivity index (χ1n) is 13.1. The lowest BCUT2D eigenvalue weighted by Gasteiger charge is -2.25. The first-order chi connectivity index (χ1) is 19.7. The molecule has 0 saturated carbocycles. The van der Waals surface area contributed by atoms with Crippen molar-refractivity contribution in [2.45, 2.75) is 25.4 Å². The Bertz CT molecular complexity index is 1500. The van der Waals surface area contributed by atoms with Crippen LogP contribution in [0.2, 0.25) is 0 Å². The number of para-hydroxylation sites is 2. The van der Waals surface area contributed by atoms with E-state index in [1.54, 1.807) is 49.5 Å². The van der Waals surface area contributed by atoms with Crippen LogP contribution < -0.4 is 25.8 Å². The maximum atomic E-state index is 14.0. The second kappa shape index (κ2) is 13.0. The van der Waals surface area contributed by atoms with Gasteiger partial charge in [-0.2, -0.15) is 0 Å². The monoisotopic (exact) mass is 557 g/mol. The van der Waals surface area contributed by atoms with Gasteiger partial charge in [-0.15, -0.1) is 0 Å². The molecule has 0 bridgehead atoms. The number of carbonyl (C=O) groups excluding carboxylic acids is 6. The fourth-order valence-corrected chi connectivity index (χ4v) is 4.84. The highest BCUT2D eigenvalue weighted by molar-refractivity contribution is 6.13. The largest absolute Gasteiger partial charge is 0.345 e. The summed E-state index contributed by atoms with van der Waals surface area (Å²) in [5.74, 6) is -2.44. The van der Waals surface area contributed by atoms with Gasteiger partial charge in [0.05, 0.1) is 30.5 Å². The number of hydrogen-bond acceptors (Lipinski definition) is 7. The molecular weight excluding hydrogens is 526 g/mol. The van der Waals surface area contributed by atoms with E-state index in [2.05, 4.69) is 16.0 Å². The highest BCUT2D eigenvalue weighted by atomic mass is 16.2. The lowest BCUT2D eigenvalue weighted by atomic mass is 10.0. The van der Waals surface area contributed by atoms with Crippen LogP contribution in [-0.2, 0) is 24.0 Å². The molecule has 3 aromatic rings. The Labute approximate surface area is 236 Å². The van der Waals surface area contributed by atoms with Crippen molar-refractivity contribution in [3.8, 4) is 0 Å². The van der Waals surface area contributed by atoms with Crippen LogP contribution in [-0.4, -0.2) is 74.5 Å². The molecular formula is C30H31N5O6. The number of anilines is 2. The number of nitrogens with one attached hydrogen (secondary N) is 3. The van der Waals surface area contributed by atoms with Crippen molar-refractivity contribution in [2.75, 3.05) is 36.5 Å². The van der Waals surface area contributed by atoms with Gasteiger partial charge >= 0.3 is 0 Å². The number of fused-ring (bicyclic) bond motifs is 2. The minimum atomic E-state index is -1.21. The number of Topliss-reactive ketones (excluding diaryl/α,β-unsaturated/α-hetero) is 1. The van der Waals surface area contributed by atoms with Gasteiger partial charge in [-0.25, -0.2) is 0 Å². The van der Waals surface area contributed by atoms with E-state index in [0.29, 0.717) is 22.9 Å². The van der Waals surface area contributed by atoms with Gasteiger partial charge in [-0.3, -0.25) is 28.9 Å². The molecule has 0 fully saturated rings. The Balaban J connectivity index is 1.70. The molecule has 0 aromatic heterocycles. The third kappa shape index (κ3) is 6.64. The first-order valence-corrected chi connectivity index (χ1v) is 13.1. The van der Waals surface area contributed by atoms with Crippen LogP contribution in [0.25, 0.3) is 10.8 Å². The molecule has 11 nitrogen and oxygen atoms in total. The van der Waals surface area contributed by atoms with E-state index in [0.717, 1.165) is 5.39 Å². The molecule has 212 valence electrons.